The van der Waals surface area contributed by atoms with Gasteiger partial charge in [0.25, 0.3) is 0 Å². The van der Waals surface area contributed by atoms with Gasteiger partial charge in [-0.3, -0.25) is 25.8 Å². The summed E-state index contributed by atoms with van der Waals surface area (Å²) in [6.45, 7) is 10.6. The van der Waals surface area contributed by atoms with Gasteiger partial charge in [-0.05, 0) is 138 Å². The summed E-state index contributed by atoms with van der Waals surface area (Å²) in [5.41, 5.74) is 14.9. The van der Waals surface area contributed by atoms with Crippen LogP contribution < -0.4 is 26.8 Å². The van der Waals surface area contributed by atoms with Crippen LogP contribution >= 0.6 is 11.3 Å². The van der Waals surface area contributed by atoms with E-state index in [2.05, 4.69) is 140 Å². The fourth-order valence-corrected chi connectivity index (χ4v) is 10.1. The number of hydrogen-bond donors (Lipinski definition) is 6. The Bertz CT molecular complexity index is 2930. The van der Waals surface area contributed by atoms with Crippen LogP contribution in [0.15, 0.2) is 253 Å². The van der Waals surface area contributed by atoms with Crippen LogP contribution in [-0.4, -0.2) is 112 Å². The minimum absolute atomic E-state index is 0.651. The third-order valence-corrected chi connectivity index (χ3v) is 15.4. The Morgan fingerprint density at radius 3 is 1.58 bits per heavy atom. The molecule has 5 aromatic heterocycles. The van der Waals surface area contributed by atoms with Crippen molar-refractivity contribution in [3.8, 4) is 0 Å². The number of H-pyrrole nitrogens is 1. The number of aromatic nitrogens is 7. The Balaban J connectivity index is 0.000000187. The lowest BCUT2D eigenvalue weighted by atomic mass is 9.80. The topological polar surface area (TPSA) is 242 Å². The number of piperidine rings is 2. The first kappa shape index (κ1) is 77.9. The number of nitrogens with zero attached hydrogens (tertiary/aromatic N) is 10. The van der Waals surface area contributed by atoms with Crippen molar-refractivity contribution < 1.29 is 13.4 Å². The van der Waals surface area contributed by atoms with Crippen LogP contribution in [0, 0.1) is 5.41 Å². The van der Waals surface area contributed by atoms with E-state index in [1.165, 1.54) is 191 Å². The molecule has 4 saturated heterocycles. The highest BCUT2D eigenvalue weighted by atomic mass is 32.1. The molecule has 5 fully saturated rings. The van der Waals surface area contributed by atoms with Gasteiger partial charge in [0.1, 0.15) is 11.8 Å². The number of hydrazine groups is 1. The van der Waals surface area contributed by atoms with Gasteiger partial charge in [-0.25, -0.2) is 19.9 Å². The lowest BCUT2D eigenvalue weighted by Gasteiger charge is -2.32. The molecule has 19 rings (SSSR count). The molecular weight excluding hydrogens is 1220 g/mol. The van der Waals surface area contributed by atoms with E-state index in [1.807, 2.05) is 121 Å². The molecule has 1 atom stereocenters. The van der Waals surface area contributed by atoms with Crippen molar-refractivity contribution in [2.75, 3.05) is 52.4 Å². The molecule has 10 aliphatic rings. The van der Waals surface area contributed by atoms with Crippen LogP contribution in [0.5, 0.6) is 0 Å². The highest BCUT2D eigenvalue weighted by molar-refractivity contribution is 7.07. The molecule has 20 heteroatoms. The van der Waals surface area contributed by atoms with Crippen molar-refractivity contribution in [3.63, 3.8) is 0 Å². The summed E-state index contributed by atoms with van der Waals surface area (Å²) in [7, 11) is 0. The number of allylic oxidation sites excluding steroid dienone is 7. The van der Waals surface area contributed by atoms with Crippen LogP contribution in [0.4, 0.5) is 0 Å². The number of benzene rings is 4. The van der Waals surface area contributed by atoms with E-state index in [0.29, 0.717) is 5.41 Å². The third kappa shape index (κ3) is 41.8. The van der Waals surface area contributed by atoms with Gasteiger partial charge in [0.2, 0.25) is 6.39 Å². The number of fused-ring (bicyclic) bond motifs is 3. The molecule has 9 aromatic rings. The summed E-state index contributed by atoms with van der Waals surface area (Å²) in [5, 5.41) is 22.4. The number of thiazole rings is 1. The van der Waals surface area contributed by atoms with Crippen molar-refractivity contribution in [2.24, 2.45) is 25.6 Å². The molecule has 3 aliphatic carbocycles. The zero-order chi connectivity index (χ0) is 66.9. The van der Waals surface area contributed by atoms with Crippen molar-refractivity contribution in [3.05, 3.63) is 230 Å². The van der Waals surface area contributed by atoms with Gasteiger partial charge in [-0.2, -0.15) is 10.2 Å². The zero-order valence-corrected chi connectivity index (χ0v) is 57.0. The van der Waals surface area contributed by atoms with E-state index in [0.717, 1.165) is 61.0 Å². The average Bonchev–Trinajstić information content (AvgIpc) is 2.32. The van der Waals surface area contributed by atoms with E-state index in [9.17, 15) is 0 Å². The molecule has 1 unspecified atom stereocenters. The van der Waals surface area contributed by atoms with E-state index < -0.39 is 0 Å². The van der Waals surface area contributed by atoms with Gasteiger partial charge in [0.15, 0.2) is 24.7 Å². The summed E-state index contributed by atoms with van der Waals surface area (Å²) in [5.74, 6) is 0. The van der Waals surface area contributed by atoms with Crippen molar-refractivity contribution in [1.82, 2.24) is 61.9 Å². The van der Waals surface area contributed by atoms with Crippen molar-refractivity contribution in [2.45, 2.75) is 135 Å². The maximum atomic E-state index is 5.01. The third-order valence-electron chi connectivity index (χ3n) is 14.9. The van der Waals surface area contributed by atoms with E-state index >= 15 is 0 Å². The Morgan fingerprint density at radius 1 is 0.500 bits per heavy atom. The van der Waals surface area contributed by atoms with Crippen LogP contribution in [0.25, 0.3) is 22.1 Å². The lowest BCUT2D eigenvalue weighted by molar-refractivity contribution is 0.236. The maximum Gasteiger partial charge on any atom is 0.213 e. The number of hydrogen-bond acceptors (Lipinski definition) is 19. The fourth-order valence-electron chi connectivity index (χ4n) is 9.79. The standard InChI is InChI=1S/C8H16N2.C8H7N.C7H6N2.C7H5NO.C6H12.C6H10.C6H6.C5H11N.C5H6.C4H5N.C3H8N2.C3H4N2.C3H3NO.C3H3NS.C2H2N2O/c1-2-8(6-9-4-1)3-5-10-7-8;1-2-4-8-6-9-5-7(8)3-1;2*1-2-4-7-6(3-1)8-5-9-7;4*1-2-4-6-5-3-1;4*1-2-4-5-3-1;2*1-2-5-3-4-1;1-3-2-5-4-1/h9-10H,1-7H2;1-5H,6H2;1-5H,(H,8,9);1-5H;1-6H2;1-2H,3-6H2;1-6H;6H,1-5H2;1-4H,5H2;1,3-4H,2H2;4-5H,1-3H2;2-3H,1H2;2*1-3H;1-2H. The normalized spacial score (nSPS) is 17.5. The zero-order valence-electron chi connectivity index (χ0n) is 56.2. The summed E-state index contributed by atoms with van der Waals surface area (Å²) in [6.07, 6.45) is 63.3. The predicted molar refractivity (Wildman–Crippen MR) is 399 cm³/mol. The van der Waals surface area contributed by atoms with Crippen LogP contribution in [0.1, 0.15) is 140 Å². The molecule has 1 spiro atoms. The van der Waals surface area contributed by atoms with Gasteiger partial charge >= 0.3 is 0 Å². The second-order valence-electron chi connectivity index (χ2n) is 22.5. The van der Waals surface area contributed by atoms with E-state index in [4.69, 9.17) is 4.42 Å². The molecule has 1 saturated carbocycles. The molecule has 0 amide bonds. The first-order chi connectivity index (χ1) is 47.8. The molecule has 6 N–H and O–H groups in total. The smallest absolute Gasteiger partial charge is 0.213 e. The molecule has 0 radical (unpaired) electrons. The number of rotatable bonds is 0. The first-order valence-corrected chi connectivity index (χ1v) is 35.1. The number of imidazole rings is 1. The minimum Gasteiger partial charge on any atom is -0.452 e. The van der Waals surface area contributed by atoms with Crippen LogP contribution in [0.2, 0.25) is 0 Å². The van der Waals surface area contributed by atoms with Crippen LogP contribution in [0.3, 0.4) is 0 Å². The number of oxazole rings is 2. The predicted octanol–water partition coefficient (Wildman–Crippen LogP) is 16.6. The molecule has 7 aliphatic heterocycles. The van der Waals surface area contributed by atoms with Crippen LogP contribution in [-0.2, 0) is 6.54 Å². The maximum absolute atomic E-state index is 5.01. The summed E-state index contributed by atoms with van der Waals surface area (Å²) in [6, 6.07) is 35.9. The minimum atomic E-state index is 0.651. The van der Waals surface area contributed by atoms with E-state index in [-0.39, 0.29) is 0 Å². The molecular formula is C76H104N16O3S. The monoisotopic (exact) mass is 1320 g/mol. The highest BCUT2D eigenvalue weighted by Gasteiger charge is 2.34. The molecule has 12 heterocycles. The van der Waals surface area contributed by atoms with E-state index in [1.54, 1.807) is 54.2 Å². The summed E-state index contributed by atoms with van der Waals surface area (Å²) in [4.78, 5) is 29.7. The Morgan fingerprint density at radius 2 is 1.18 bits per heavy atom. The number of aromatic amines is 1. The molecule has 4 aromatic carbocycles. The van der Waals surface area contributed by atoms with Gasteiger partial charge in [-0.15, -0.1) is 11.3 Å². The second-order valence-corrected chi connectivity index (χ2v) is 23.2. The molecule has 0 bridgehead atoms. The molecule has 512 valence electrons. The Hall–Kier alpha value is -8.76. The number of nitrogens with one attached hydrogen (secondary N) is 6. The van der Waals surface area contributed by atoms with Gasteiger partial charge in [0.05, 0.1) is 35.6 Å². The number of para-hydroxylation sites is 4. The largest absolute Gasteiger partial charge is 0.452 e. The molecule has 19 nitrogen and oxygen atoms in total. The van der Waals surface area contributed by atoms with Gasteiger partial charge in [0, 0.05) is 81.7 Å². The highest BCUT2D eigenvalue weighted by Crippen LogP contribution is 2.32. The summed E-state index contributed by atoms with van der Waals surface area (Å²) >= 11 is 1.60. The average molecular weight is 1320 g/mol. The molecule has 96 heavy (non-hydrogen) atoms. The Kier molecular flexibility index (Phi) is 46.8. The van der Waals surface area contributed by atoms with Crippen molar-refractivity contribution >= 4 is 58.3 Å². The first-order valence-electron chi connectivity index (χ1n) is 34.1. The lowest BCUT2D eigenvalue weighted by Crippen LogP contribution is -2.41. The van der Waals surface area contributed by atoms with Gasteiger partial charge in [-0.1, -0.05) is 178 Å². The Labute approximate surface area is 574 Å². The fraction of sp³-hybridized carbons (Fsp3) is 0.395. The SMILES string of the molecule is C1=CCC=C1.C1=CCCCC1.C1=CN=CC1.C1=NCc2ccccc21.C1=NN=CC1.C1CCCCC1.C1CCNCC1.C1CNCC2(C1)CCNC2.C1CNNC1.c1ccc2[nH]cnc2c1.c1ccc2ocnc2c1.c1ccccc1.c1cocn1.c1cscn1.c1ncon1. The second kappa shape index (κ2) is 57.7. The van der Waals surface area contributed by atoms with Gasteiger partial charge < -0.3 is 34.3 Å². The summed E-state index contributed by atoms with van der Waals surface area (Å²) < 4.78 is 13.7. The van der Waals surface area contributed by atoms with Crippen molar-refractivity contribution in [1.29, 1.82) is 0 Å². The number of aliphatic imine (C=N–C) groups is 2. The quantitative estimate of drug-likeness (QED) is 0.0774.